The van der Waals surface area contributed by atoms with Crippen LogP contribution in [0, 0.1) is 13.8 Å². The topological polar surface area (TPSA) is 63.1 Å². The SMILES string of the molecule is Cc1ccc(Cc2nccc(C(=O)O)n2)c(C)c1. The molecule has 4 nitrogen and oxygen atoms in total. The number of nitrogens with zero attached hydrogens (tertiary/aromatic N) is 2. The Balaban J connectivity index is 2.28. The fourth-order valence-corrected chi connectivity index (χ4v) is 1.82. The summed E-state index contributed by atoms with van der Waals surface area (Å²) in [6.45, 7) is 4.07. The van der Waals surface area contributed by atoms with E-state index in [4.69, 9.17) is 5.11 Å². The lowest BCUT2D eigenvalue weighted by molar-refractivity contribution is 0.0690. The van der Waals surface area contributed by atoms with Crippen LogP contribution in [0.1, 0.15) is 33.0 Å². The van der Waals surface area contributed by atoms with E-state index in [1.54, 1.807) is 0 Å². The average Bonchev–Trinajstić information content (AvgIpc) is 2.33. The van der Waals surface area contributed by atoms with Crippen molar-refractivity contribution in [2.24, 2.45) is 0 Å². The summed E-state index contributed by atoms with van der Waals surface area (Å²) in [6.07, 6.45) is 2.03. The van der Waals surface area contributed by atoms with Gasteiger partial charge in [-0.3, -0.25) is 0 Å². The summed E-state index contributed by atoms with van der Waals surface area (Å²) in [7, 11) is 0. The zero-order valence-electron chi connectivity index (χ0n) is 10.3. The van der Waals surface area contributed by atoms with Crippen molar-refractivity contribution in [2.45, 2.75) is 20.3 Å². The van der Waals surface area contributed by atoms with Crippen LogP contribution < -0.4 is 0 Å². The van der Waals surface area contributed by atoms with Gasteiger partial charge in [0, 0.05) is 12.6 Å². The van der Waals surface area contributed by atoms with Crippen LogP contribution in [0.15, 0.2) is 30.5 Å². The first-order valence-electron chi connectivity index (χ1n) is 5.67. The second-order valence-electron chi connectivity index (χ2n) is 4.27. The van der Waals surface area contributed by atoms with Gasteiger partial charge in [0.15, 0.2) is 5.69 Å². The van der Waals surface area contributed by atoms with E-state index < -0.39 is 5.97 Å². The fourth-order valence-electron chi connectivity index (χ4n) is 1.82. The van der Waals surface area contributed by atoms with E-state index in [1.165, 1.54) is 23.4 Å². The molecule has 2 aromatic rings. The van der Waals surface area contributed by atoms with Crippen molar-refractivity contribution < 1.29 is 9.90 Å². The van der Waals surface area contributed by atoms with Crippen molar-refractivity contribution in [3.05, 3.63) is 58.7 Å². The van der Waals surface area contributed by atoms with Crippen LogP contribution >= 0.6 is 0 Å². The van der Waals surface area contributed by atoms with Crippen LogP contribution in [0.2, 0.25) is 0 Å². The summed E-state index contributed by atoms with van der Waals surface area (Å²) >= 11 is 0. The molecule has 1 aromatic heterocycles. The number of aromatic nitrogens is 2. The summed E-state index contributed by atoms with van der Waals surface area (Å²) in [5, 5.41) is 8.88. The minimum atomic E-state index is -1.03. The average molecular weight is 242 g/mol. The van der Waals surface area contributed by atoms with E-state index in [-0.39, 0.29) is 5.69 Å². The van der Waals surface area contributed by atoms with Crippen molar-refractivity contribution in [2.75, 3.05) is 0 Å². The molecule has 2 rings (SSSR count). The van der Waals surface area contributed by atoms with Crippen LogP contribution in [-0.4, -0.2) is 21.0 Å². The molecule has 0 aliphatic heterocycles. The molecule has 0 aliphatic carbocycles. The van der Waals surface area contributed by atoms with Gasteiger partial charge in [0.25, 0.3) is 0 Å². The van der Waals surface area contributed by atoms with Gasteiger partial charge in [-0.1, -0.05) is 23.8 Å². The van der Waals surface area contributed by atoms with E-state index in [9.17, 15) is 4.79 Å². The molecule has 0 fully saturated rings. The van der Waals surface area contributed by atoms with E-state index in [0.29, 0.717) is 12.2 Å². The van der Waals surface area contributed by atoms with Gasteiger partial charge in [0.1, 0.15) is 5.82 Å². The first kappa shape index (κ1) is 12.2. The lowest BCUT2D eigenvalue weighted by Gasteiger charge is -2.06. The Morgan fingerprint density at radius 1 is 1.28 bits per heavy atom. The Labute approximate surface area is 105 Å². The molecule has 4 heteroatoms. The predicted molar refractivity (Wildman–Crippen MR) is 67.7 cm³/mol. The Hall–Kier alpha value is -2.23. The Bertz CT molecular complexity index is 594. The minimum absolute atomic E-state index is 0.0322. The van der Waals surface area contributed by atoms with Crippen molar-refractivity contribution >= 4 is 5.97 Å². The molecule has 1 heterocycles. The molecule has 0 radical (unpaired) electrons. The highest BCUT2D eigenvalue weighted by Crippen LogP contribution is 2.13. The van der Waals surface area contributed by atoms with Gasteiger partial charge in [-0.15, -0.1) is 0 Å². The molecule has 0 aliphatic rings. The highest BCUT2D eigenvalue weighted by Gasteiger charge is 2.08. The lowest BCUT2D eigenvalue weighted by Crippen LogP contribution is -2.05. The lowest BCUT2D eigenvalue weighted by atomic mass is 10.0. The van der Waals surface area contributed by atoms with Gasteiger partial charge in [0.05, 0.1) is 0 Å². The summed E-state index contributed by atoms with van der Waals surface area (Å²) in [6, 6.07) is 7.55. The van der Waals surface area contributed by atoms with Crippen molar-refractivity contribution in [3.8, 4) is 0 Å². The molecule has 1 N–H and O–H groups in total. The maximum Gasteiger partial charge on any atom is 0.354 e. The molecule has 0 atom stereocenters. The predicted octanol–water partition coefficient (Wildman–Crippen LogP) is 2.38. The molecule has 0 unspecified atom stereocenters. The van der Waals surface area contributed by atoms with Crippen molar-refractivity contribution in [1.29, 1.82) is 0 Å². The Kier molecular flexibility index (Phi) is 3.37. The van der Waals surface area contributed by atoms with Crippen LogP contribution in [-0.2, 0) is 6.42 Å². The first-order chi connectivity index (χ1) is 8.56. The van der Waals surface area contributed by atoms with E-state index in [2.05, 4.69) is 16.0 Å². The number of carbonyl (C=O) groups is 1. The molecule has 0 saturated heterocycles. The quantitative estimate of drug-likeness (QED) is 0.897. The second-order valence-corrected chi connectivity index (χ2v) is 4.27. The molecular formula is C14H14N2O2. The maximum absolute atomic E-state index is 10.8. The zero-order valence-corrected chi connectivity index (χ0v) is 10.3. The standard InChI is InChI=1S/C14H14N2O2/c1-9-3-4-11(10(2)7-9)8-13-15-6-5-12(16-13)14(17)18/h3-7H,8H2,1-2H3,(H,17,18). The molecular weight excluding hydrogens is 228 g/mol. The number of benzene rings is 1. The van der Waals surface area contributed by atoms with Gasteiger partial charge in [-0.25, -0.2) is 14.8 Å². The fraction of sp³-hybridized carbons (Fsp3) is 0.214. The van der Waals surface area contributed by atoms with Gasteiger partial charge < -0.3 is 5.11 Å². The number of hydrogen-bond donors (Lipinski definition) is 1. The molecule has 18 heavy (non-hydrogen) atoms. The van der Waals surface area contributed by atoms with E-state index in [1.807, 2.05) is 26.0 Å². The molecule has 0 spiro atoms. The number of carboxylic acids is 1. The summed E-state index contributed by atoms with van der Waals surface area (Å²) in [4.78, 5) is 19.0. The maximum atomic E-state index is 10.8. The van der Waals surface area contributed by atoms with Crippen LogP contribution in [0.3, 0.4) is 0 Å². The number of aryl methyl sites for hydroxylation is 2. The highest BCUT2D eigenvalue weighted by atomic mass is 16.4. The van der Waals surface area contributed by atoms with Gasteiger partial charge in [-0.2, -0.15) is 0 Å². The normalized spacial score (nSPS) is 10.3. The first-order valence-corrected chi connectivity index (χ1v) is 5.67. The highest BCUT2D eigenvalue weighted by molar-refractivity contribution is 5.85. The van der Waals surface area contributed by atoms with Crippen LogP contribution in [0.4, 0.5) is 0 Å². The second kappa shape index (κ2) is 4.96. The van der Waals surface area contributed by atoms with Gasteiger partial charge >= 0.3 is 5.97 Å². The van der Waals surface area contributed by atoms with Gasteiger partial charge in [-0.05, 0) is 31.0 Å². The summed E-state index contributed by atoms with van der Waals surface area (Å²) in [5.41, 5.74) is 3.52. The van der Waals surface area contributed by atoms with Crippen molar-refractivity contribution in [1.82, 2.24) is 9.97 Å². The van der Waals surface area contributed by atoms with Crippen LogP contribution in [0.5, 0.6) is 0 Å². The van der Waals surface area contributed by atoms with Crippen LogP contribution in [0.25, 0.3) is 0 Å². The largest absolute Gasteiger partial charge is 0.477 e. The summed E-state index contributed by atoms with van der Waals surface area (Å²) in [5.74, 6) is -0.499. The molecule has 92 valence electrons. The third kappa shape index (κ3) is 2.71. The van der Waals surface area contributed by atoms with Gasteiger partial charge in [0.2, 0.25) is 0 Å². The van der Waals surface area contributed by atoms with E-state index >= 15 is 0 Å². The number of hydrogen-bond acceptors (Lipinski definition) is 3. The monoisotopic (exact) mass is 242 g/mol. The molecule has 1 aromatic carbocycles. The number of carboxylic acid groups (broad SMARTS) is 1. The molecule has 0 amide bonds. The Morgan fingerprint density at radius 2 is 2.06 bits per heavy atom. The number of rotatable bonds is 3. The summed E-state index contributed by atoms with van der Waals surface area (Å²) < 4.78 is 0. The smallest absolute Gasteiger partial charge is 0.354 e. The third-order valence-electron chi connectivity index (χ3n) is 2.77. The zero-order chi connectivity index (χ0) is 13.1. The van der Waals surface area contributed by atoms with Crippen molar-refractivity contribution in [3.63, 3.8) is 0 Å². The Morgan fingerprint density at radius 3 is 2.72 bits per heavy atom. The minimum Gasteiger partial charge on any atom is -0.477 e. The third-order valence-corrected chi connectivity index (χ3v) is 2.77. The van der Waals surface area contributed by atoms with E-state index in [0.717, 1.165) is 5.56 Å². The molecule has 0 saturated carbocycles. The molecule has 0 bridgehead atoms. The number of aromatic carboxylic acids is 1.